The Morgan fingerprint density at radius 2 is 1.53 bits per heavy atom. The van der Waals surface area contributed by atoms with Gasteiger partial charge in [-0.3, -0.25) is 24.6 Å². The van der Waals surface area contributed by atoms with Crippen LogP contribution in [0.15, 0.2) is 73.6 Å². The number of pyridine rings is 3. The summed E-state index contributed by atoms with van der Waals surface area (Å²) >= 11 is 0. The summed E-state index contributed by atoms with van der Waals surface area (Å²) in [5.41, 5.74) is 6.96. The highest BCUT2D eigenvalue weighted by Crippen LogP contribution is 2.29. The van der Waals surface area contributed by atoms with Gasteiger partial charge in [0.15, 0.2) is 0 Å². The zero-order valence-corrected chi connectivity index (χ0v) is 16.8. The smallest absolute Gasteiger partial charge is 0.337 e. The Morgan fingerprint density at radius 1 is 0.967 bits per heavy atom. The van der Waals surface area contributed by atoms with E-state index >= 15 is 0 Å². The van der Waals surface area contributed by atoms with Crippen LogP contribution in [-0.2, 0) is 0 Å². The minimum Gasteiger partial charge on any atom is -0.478 e. The normalized spacial score (nSPS) is 15.2. The van der Waals surface area contributed by atoms with Crippen LogP contribution in [0.4, 0.5) is 0 Å². The molecule has 4 rings (SSSR count). The quantitative estimate of drug-likeness (QED) is 0.684. The number of rotatable bonds is 3. The number of nitrogens with zero attached hydrogens (tertiary/aromatic N) is 4. The molecule has 1 atom stereocenters. The predicted molar refractivity (Wildman–Crippen MR) is 113 cm³/mol. The van der Waals surface area contributed by atoms with E-state index < -0.39 is 11.9 Å². The van der Waals surface area contributed by atoms with Gasteiger partial charge in [0.05, 0.1) is 11.1 Å². The number of amides is 1. The average Bonchev–Trinajstić information content (AvgIpc) is 3.22. The Bertz CT molecular complexity index is 858. The van der Waals surface area contributed by atoms with Crippen LogP contribution < -0.4 is 5.73 Å². The van der Waals surface area contributed by atoms with E-state index in [-0.39, 0.29) is 5.56 Å². The van der Waals surface area contributed by atoms with Crippen LogP contribution in [0.5, 0.6) is 0 Å². The number of hydrogen-bond donors (Lipinski definition) is 2. The molecule has 156 valence electrons. The fourth-order valence-electron chi connectivity index (χ4n) is 2.90. The maximum absolute atomic E-state index is 10.4. The minimum absolute atomic E-state index is 0.220. The zero-order chi connectivity index (χ0) is 21.8. The molecule has 8 heteroatoms. The molecular weight excluding hydrogens is 382 g/mol. The molecule has 0 saturated carbocycles. The van der Waals surface area contributed by atoms with Gasteiger partial charge in [0.25, 0.3) is 0 Å². The second-order valence-corrected chi connectivity index (χ2v) is 6.58. The number of primary amides is 1. The fraction of sp³-hybridized carbons (Fsp3) is 0.227. The molecule has 1 aliphatic rings. The van der Waals surface area contributed by atoms with Crippen LogP contribution in [0.3, 0.4) is 0 Å². The van der Waals surface area contributed by atoms with E-state index in [2.05, 4.69) is 33.0 Å². The lowest BCUT2D eigenvalue weighted by molar-refractivity contribution is 0.0696. The number of aromatic carboxylic acids is 1. The Kier molecular flexibility index (Phi) is 9.08. The predicted octanol–water partition coefficient (Wildman–Crippen LogP) is 2.81. The van der Waals surface area contributed by atoms with Crippen LogP contribution in [-0.4, -0.2) is 50.4 Å². The van der Waals surface area contributed by atoms with Crippen LogP contribution in [0, 0.1) is 0 Å². The van der Waals surface area contributed by atoms with E-state index in [0.29, 0.717) is 11.6 Å². The molecule has 0 aliphatic carbocycles. The van der Waals surface area contributed by atoms with E-state index in [1.807, 2.05) is 18.5 Å². The zero-order valence-electron chi connectivity index (χ0n) is 16.8. The van der Waals surface area contributed by atoms with E-state index in [0.717, 1.165) is 0 Å². The Balaban J connectivity index is 0.000000163. The number of carboxylic acids is 1. The molecule has 3 aromatic heterocycles. The van der Waals surface area contributed by atoms with Crippen molar-refractivity contribution < 1.29 is 14.7 Å². The van der Waals surface area contributed by atoms with Crippen molar-refractivity contribution in [2.75, 3.05) is 13.6 Å². The van der Waals surface area contributed by atoms with Gasteiger partial charge in [-0.25, -0.2) is 4.79 Å². The van der Waals surface area contributed by atoms with Crippen molar-refractivity contribution in [2.45, 2.75) is 18.9 Å². The van der Waals surface area contributed by atoms with E-state index in [1.165, 1.54) is 49.6 Å². The summed E-state index contributed by atoms with van der Waals surface area (Å²) < 4.78 is 0. The van der Waals surface area contributed by atoms with Crippen molar-refractivity contribution in [1.29, 1.82) is 0 Å². The molecule has 1 amide bonds. The van der Waals surface area contributed by atoms with Crippen molar-refractivity contribution in [3.8, 4) is 0 Å². The first kappa shape index (κ1) is 22.6. The standard InChI is InChI=1S/C10H14N2.C6H6N2O.C6H5NO2/c1-12-7-3-5-10(12)9-4-2-6-11-8-9;7-6(9)5-2-1-3-8-4-5;8-6(9)5-2-1-3-7-4-5/h2,4,6,8,10H,3,5,7H2,1H3;1-4H,(H2,7,9);1-4H,(H,8,9). The van der Waals surface area contributed by atoms with Gasteiger partial charge in [-0.2, -0.15) is 0 Å². The van der Waals surface area contributed by atoms with Crippen LogP contribution in [0.2, 0.25) is 0 Å². The molecule has 3 aromatic rings. The number of carbonyl (C=O) groups is 2. The molecule has 1 aliphatic heterocycles. The van der Waals surface area contributed by atoms with Gasteiger partial charge < -0.3 is 10.8 Å². The molecule has 0 spiro atoms. The first-order valence-electron chi connectivity index (χ1n) is 9.42. The Morgan fingerprint density at radius 3 is 1.87 bits per heavy atom. The van der Waals surface area contributed by atoms with Gasteiger partial charge in [0.2, 0.25) is 5.91 Å². The topological polar surface area (TPSA) is 122 Å². The van der Waals surface area contributed by atoms with Gasteiger partial charge in [-0.15, -0.1) is 0 Å². The first-order valence-corrected chi connectivity index (χ1v) is 9.42. The second-order valence-electron chi connectivity index (χ2n) is 6.58. The first-order chi connectivity index (χ1) is 14.5. The van der Waals surface area contributed by atoms with Gasteiger partial charge in [0.1, 0.15) is 0 Å². The molecule has 8 nitrogen and oxygen atoms in total. The van der Waals surface area contributed by atoms with Gasteiger partial charge in [-0.05, 0) is 62.3 Å². The largest absolute Gasteiger partial charge is 0.478 e. The maximum Gasteiger partial charge on any atom is 0.337 e. The van der Waals surface area contributed by atoms with Crippen molar-refractivity contribution in [1.82, 2.24) is 19.9 Å². The van der Waals surface area contributed by atoms with Gasteiger partial charge in [-0.1, -0.05) is 6.07 Å². The summed E-state index contributed by atoms with van der Waals surface area (Å²) in [5, 5.41) is 8.34. The summed E-state index contributed by atoms with van der Waals surface area (Å²) in [7, 11) is 2.19. The number of nitrogens with two attached hydrogens (primary N) is 1. The molecule has 3 N–H and O–H groups in total. The number of aromatic nitrogens is 3. The van der Waals surface area contributed by atoms with Crippen molar-refractivity contribution in [3.05, 3.63) is 90.3 Å². The monoisotopic (exact) mass is 407 g/mol. The van der Waals surface area contributed by atoms with Crippen LogP contribution in [0.1, 0.15) is 45.2 Å². The molecule has 30 heavy (non-hydrogen) atoms. The second kappa shape index (κ2) is 12.0. The summed E-state index contributed by atoms with van der Waals surface area (Å²) in [4.78, 5) is 34.4. The molecule has 0 aromatic carbocycles. The van der Waals surface area contributed by atoms with Gasteiger partial charge in [0, 0.05) is 43.2 Å². The van der Waals surface area contributed by atoms with Crippen LogP contribution in [0.25, 0.3) is 0 Å². The number of likely N-dealkylation sites (tertiary alicyclic amines) is 1. The summed E-state index contributed by atoms with van der Waals surface area (Å²) in [6.07, 6.45) is 12.3. The number of carboxylic acid groups (broad SMARTS) is 1. The minimum atomic E-state index is -0.942. The van der Waals surface area contributed by atoms with Crippen molar-refractivity contribution in [2.24, 2.45) is 5.73 Å². The molecule has 0 bridgehead atoms. The van der Waals surface area contributed by atoms with E-state index in [9.17, 15) is 9.59 Å². The lowest BCUT2D eigenvalue weighted by Crippen LogP contribution is -2.17. The summed E-state index contributed by atoms with van der Waals surface area (Å²) in [6.45, 7) is 1.22. The van der Waals surface area contributed by atoms with E-state index in [4.69, 9.17) is 10.8 Å². The third kappa shape index (κ3) is 7.40. The summed E-state index contributed by atoms with van der Waals surface area (Å²) in [5.74, 6) is -1.38. The highest BCUT2D eigenvalue weighted by molar-refractivity contribution is 5.92. The molecule has 0 radical (unpaired) electrons. The molecular formula is C22H25N5O3. The Hall–Kier alpha value is -3.65. The fourth-order valence-corrected chi connectivity index (χ4v) is 2.90. The summed E-state index contributed by atoms with van der Waals surface area (Å²) in [6, 6.07) is 11.2. The molecule has 4 heterocycles. The molecule has 1 saturated heterocycles. The lowest BCUT2D eigenvalue weighted by atomic mass is 10.1. The third-order valence-corrected chi connectivity index (χ3v) is 4.44. The number of hydrogen-bond acceptors (Lipinski definition) is 6. The highest BCUT2D eigenvalue weighted by atomic mass is 16.4. The Labute approximate surface area is 175 Å². The third-order valence-electron chi connectivity index (χ3n) is 4.44. The van der Waals surface area contributed by atoms with Crippen LogP contribution >= 0.6 is 0 Å². The van der Waals surface area contributed by atoms with Crippen molar-refractivity contribution in [3.63, 3.8) is 0 Å². The molecule has 1 unspecified atom stereocenters. The highest BCUT2D eigenvalue weighted by Gasteiger charge is 2.21. The molecule has 1 fully saturated rings. The average molecular weight is 407 g/mol. The lowest BCUT2D eigenvalue weighted by Gasteiger charge is -2.18. The SMILES string of the molecule is CN1CCCC1c1cccnc1.NC(=O)c1cccnc1.O=C(O)c1cccnc1. The maximum atomic E-state index is 10.4. The van der Waals surface area contributed by atoms with Gasteiger partial charge >= 0.3 is 5.97 Å². The number of carbonyl (C=O) groups excluding carboxylic acids is 1. The van der Waals surface area contributed by atoms with Crippen molar-refractivity contribution >= 4 is 11.9 Å². The van der Waals surface area contributed by atoms with E-state index in [1.54, 1.807) is 24.4 Å².